The van der Waals surface area contributed by atoms with Gasteiger partial charge in [0.05, 0.1) is 30.1 Å². The molecule has 64 heavy (non-hydrogen) atoms. The second kappa shape index (κ2) is 18.8. The van der Waals surface area contributed by atoms with E-state index >= 15 is 0 Å². The lowest BCUT2D eigenvalue weighted by Crippen LogP contribution is -2.59. The largest absolute Gasteiger partial charge is 0.497 e. The number of urea groups is 1. The van der Waals surface area contributed by atoms with Gasteiger partial charge >= 0.3 is 12.0 Å². The molecule has 0 radical (unpaired) electrons. The van der Waals surface area contributed by atoms with Gasteiger partial charge in [-0.2, -0.15) is 4.31 Å². The highest BCUT2D eigenvalue weighted by atomic mass is 32.2. The molecule has 4 aliphatic rings. The van der Waals surface area contributed by atoms with Crippen LogP contribution in [0, 0.1) is 11.3 Å². The van der Waals surface area contributed by atoms with Crippen molar-refractivity contribution in [2.75, 3.05) is 32.1 Å². The number of carbonyl (C=O) groups is 4. The number of amides is 4. The first-order valence-corrected chi connectivity index (χ1v) is 24.6. The fraction of sp³-hybridized carbons (Fsp3) is 0.600. The highest BCUT2D eigenvalue weighted by molar-refractivity contribution is 7.90. The average molecular weight is 923 g/mol. The smallest absolute Gasteiger partial charge is 0.330 e. The lowest BCUT2D eigenvalue weighted by molar-refractivity contribution is -0.145. The first-order chi connectivity index (χ1) is 30.3. The minimum atomic E-state index is -3.52. The van der Waals surface area contributed by atoms with Crippen molar-refractivity contribution >= 4 is 61.2 Å². The Kier molecular flexibility index (Phi) is 13.8. The van der Waals surface area contributed by atoms with E-state index in [4.69, 9.17) is 19.4 Å². The molecule has 1 aromatic carbocycles. The van der Waals surface area contributed by atoms with Gasteiger partial charge in [0.25, 0.3) is 0 Å². The lowest BCUT2D eigenvalue weighted by atomic mass is 9.86. The van der Waals surface area contributed by atoms with E-state index in [-0.39, 0.29) is 38.4 Å². The SMILES string of the molecule is COc1ccc2c(O[C@@H]3C[C@H]4C(=O)N[C@]5(C(=O)O)CC5C=CCCCCC[C@H](NC(=O)N[C@H](CN5CCC(C)S5(=O)=O)C(C)(C)C)C(=O)N4C3)cc(-c3csc(NC(C)C)n3)nc2c1. The molecule has 5 heterocycles. The molecule has 17 nitrogen and oxygen atoms in total. The Bertz CT molecular complexity index is 2380. The van der Waals surface area contributed by atoms with Crippen LogP contribution in [0.1, 0.15) is 92.9 Å². The maximum Gasteiger partial charge on any atom is 0.330 e. The predicted molar refractivity (Wildman–Crippen MR) is 245 cm³/mol. The van der Waals surface area contributed by atoms with E-state index < -0.39 is 80.2 Å². The van der Waals surface area contributed by atoms with Crippen molar-refractivity contribution in [2.45, 2.75) is 134 Å². The molecule has 1 saturated carbocycles. The molecule has 348 valence electrons. The number of ether oxygens (including phenoxy) is 2. The van der Waals surface area contributed by atoms with Crippen LogP contribution >= 0.6 is 11.3 Å². The quantitative estimate of drug-likeness (QED) is 0.150. The number of benzene rings is 1. The van der Waals surface area contributed by atoms with Gasteiger partial charge in [0, 0.05) is 60.4 Å². The van der Waals surface area contributed by atoms with Crippen molar-refractivity contribution in [3.8, 4) is 22.9 Å². The molecule has 7 rings (SSSR count). The van der Waals surface area contributed by atoms with E-state index in [9.17, 15) is 32.7 Å². The van der Waals surface area contributed by atoms with Gasteiger partial charge in [-0.1, -0.05) is 45.8 Å². The third-order valence-corrected chi connectivity index (χ3v) is 15.8. The average Bonchev–Trinajstić information content (AvgIpc) is 3.46. The van der Waals surface area contributed by atoms with Crippen molar-refractivity contribution in [3.05, 3.63) is 41.8 Å². The number of carboxylic acid groups (broad SMARTS) is 1. The number of allylic oxidation sites excluding steroid dienone is 1. The first kappa shape index (κ1) is 47.0. The van der Waals surface area contributed by atoms with Gasteiger partial charge in [-0.15, -0.1) is 11.3 Å². The van der Waals surface area contributed by atoms with E-state index in [0.717, 1.165) is 18.0 Å². The number of aliphatic carboxylic acids is 1. The van der Waals surface area contributed by atoms with Crippen LogP contribution in [0.3, 0.4) is 0 Å². The summed E-state index contributed by atoms with van der Waals surface area (Å²) in [5.41, 5.74) is -0.302. The van der Waals surface area contributed by atoms with Crippen molar-refractivity contribution in [2.24, 2.45) is 11.3 Å². The summed E-state index contributed by atoms with van der Waals surface area (Å²) < 4.78 is 39.8. The zero-order valence-electron chi connectivity index (χ0n) is 37.7. The second-order valence-electron chi connectivity index (χ2n) is 18.9. The molecule has 3 fully saturated rings. The Morgan fingerprint density at radius 1 is 1.09 bits per heavy atom. The number of fused-ring (bicyclic) bond motifs is 3. The summed E-state index contributed by atoms with van der Waals surface area (Å²) in [6.07, 6.45) is 6.92. The Balaban J connectivity index is 1.19. The van der Waals surface area contributed by atoms with Crippen molar-refractivity contribution in [1.82, 2.24) is 35.1 Å². The number of sulfonamides is 1. The summed E-state index contributed by atoms with van der Waals surface area (Å²) in [5.74, 6) is -1.64. The van der Waals surface area contributed by atoms with Gasteiger partial charge < -0.3 is 40.7 Å². The van der Waals surface area contributed by atoms with Crippen LogP contribution in [0.15, 0.2) is 41.8 Å². The normalized spacial score (nSPS) is 26.9. The molecule has 0 spiro atoms. The third-order valence-electron chi connectivity index (χ3n) is 12.8. The molecule has 7 atom stereocenters. The number of nitrogens with one attached hydrogen (secondary N) is 4. The minimum absolute atomic E-state index is 0.0375. The molecule has 4 amide bonds. The summed E-state index contributed by atoms with van der Waals surface area (Å²) in [7, 11) is -1.95. The van der Waals surface area contributed by atoms with Crippen LogP contribution in [0.2, 0.25) is 0 Å². The number of rotatable bonds is 11. The number of anilines is 1. The fourth-order valence-electron chi connectivity index (χ4n) is 8.71. The maximum absolute atomic E-state index is 14.9. The lowest BCUT2D eigenvalue weighted by Gasteiger charge is -2.35. The Morgan fingerprint density at radius 2 is 1.88 bits per heavy atom. The van der Waals surface area contributed by atoms with Gasteiger partial charge in [0.15, 0.2) is 5.13 Å². The van der Waals surface area contributed by atoms with E-state index in [1.807, 2.05) is 58.2 Å². The zero-order chi connectivity index (χ0) is 46.1. The summed E-state index contributed by atoms with van der Waals surface area (Å²) in [6, 6.07) is 3.95. The Labute approximate surface area is 379 Å². The summed E-state index contributed by atoms with van der Waals surface area (Å²) in [6.45, 7) is 11.9. The van der Waals surface area contributed by atoms with Crippen LogP contribution in [-0.2, 0) is 24.4 Å². The third kappa shape index (κ3) is 10.3. The Hall–Kier alpha value is -5.01. The number of methoxy groups -OCH3 is 1. The molecule has 2 saturated heterocycles. The second-order valence-corrected chi connectivity index (χ2v) is 22.2. The molecular formula is C45H62N8O9S2. The van der Waals surface area contributed by atoms with Crippen LogP contribution in [0.5, 0.6) is 11.5 Å². The standard InChI is InChI=1S/C45H62N8O9S2/c1-26(2)46-43-49-35(25-63-43)34-21-37(31-16-15-29(61-7)19-33(31)47-34)62-30-20-36-39(54)51-45(41(56)57)22-28(45)13-11-9-8-10-12-14-32(40(55)53(36)23-30)48-42(58)50-38(44(4,5)6)24-52-18-17-27(3)64(52,59)60/h11,13,15-16,19,21,25-28,30,32,36,38H,8-10,12,14,17-18,20,22-24H2,1-7H3,(H,46,49)(H,51,54)(H,56,57)(H2,48,50,58)/t27?,28?,30-,32+,36+,38-,45-/m1/s1. The summed E-state index contributed by atoms with van der Waals surface area (Å²) in [5, 5.41) is 25.2. The fourth-order valence-corrected chi connectivity index (χ4v) is 11.2. The zero-order valence-corrected chi connectivity index (χ0v) is 39.3. The van der Waals surface area contributed by atoms with E-state index in [1.54, 1.807) is 32.2 Å². The van der Waals surface area contributed by atoms with Gasteiger partial charge in [-0.3, -0.25) is 9.59 Å². The molecule has 19 heteroatoms. The number of pyridine rings is 1. The molecule has 5 N–H and O–H groups in total. The van der Waals surface area contributed by atoms with Crippen LogP contribution in [0.25, 0.3) is 22.3 Å². The highest BCUT2D eigenvalue weighted by Crippen LogP contribution is 2.46. The molecule has 2 aromatic heterocycles. The number of carbonyl (C=O) groups excluding carboxylic acids is 3. The summed E-state index contributed by atoms with van der Waals surface area (Å²) in [4.78, 5) is 67.1. The topological polar surface area (TPSA) is 221 Å². The van der Waals surface area contributed by atoms with Crippen molar-refractivity contribution in [1.29, 1.82) is 0 Å². The maximum atomic E-state index is 14.9. The molecule has 0 bridgehead atoms. The number of aromatic nitrogens is 2. The van der Waals surface area contributed by atoms with Crippen molar-refractivity contribution in [3.63, 3.8) is 0 Å². The highest BCUT2D eigenvalue weighted by Gasteiger charge is 2.61. The molecule has 2 unspecified atom stereocenters. The van der Waals surface area contributed by atoms with Crippen LogP contribution in [-0.4, -0.2) is 124 Å². The van der Waals surface area contributed by atoms with Gasteiger partial charge in [-0.05, 0) is 70.4 Å². The molecular weight excluding hydrogens is 861 g/mol. The number of hydrogen-bond acceptors (Lipinski definition) is 12. The first-order valence-electron chi connectivity index (χ1n) is 22.3. The van der Waals surface area contributed by atoms with Gasteiger partial charge in [-0.25, -0.2) is 28.0 Å². The van der Waals surface area contributed by atoms with Crippen LogP contribution < -0.4 is 30.7 Å². The molecule has 1 aliphatic carbocycles. The number of nitrogens with zero attached hydrogens (tertiary/aromatic N) is 4. The van der Waals surface area contributed by atoms with Crippen molar-refractivity contribution < 1.29 is 42.2 Å². The van der Waals surface area contributed by atoms with Gasteiger partial charge in [0.2, 0.25) is 21.8 Å². The molecule has 3 aromatic rings. The number of hydrogen-bond donors (Lipinski definition) is 5. The van der Waals surface area contributed by atoms with E-state index in [1.165, 1.54) is 20.5 Å². The van der Waals surface area contributed by atoms with E-state index in [0.29, 0.717) is 59.6 Å². The Morgan fingerprint density at radius 3 is 2.56 bits per heavy atom. The number of carboxylic acids is 1. The predicted octanol–water partition coefficient (Wildman–Crippen LogP) is 5.52. The monoisotopic (exact) mass is 922 g/mol. The number of thiazole rings is 1. The molecule has 3 aliphatic heterocycles. The van der Waals surface area contributed by atoms with E-state index in [2.05, 4.69) is 21.3 Å². The minimum Gasteiger partial charge on any atom is -0.497 e. The van der Waals surface area contributed by atoms with Gasteiger partial charge in [0.1, 0.15) is 40.9 Å². The van der Waals surface area contributed by atoms with Crippen LogP contribution in [0.4, 0.5) is 9.93 Å². The summed E-state index contributed by atoms with van der Waals surface area (Å²) >= 11 is 1.45.